The summed E-state index contributed by atoms with van der Waals surface area (Å²) in [5, 5.41) is 16.1. The molecule has 1 N–H and O–H groups in total. The normalized spacial score (nSPS) is 11.1. The van der Waals surface area contributed by atoms with Crippen molar-refractivity contribution in [3.05, 3.63) is 108 Å². The lowest BCUT2D eigenvalue weighted by molar-refractivity contribution is 1.05. The number of aromatic nitrogens is 4. The number of fused-ring (bicyclic) bond motifs is 2. The molecule has 0 amide bonds. The first-order valence-corrected chi connectivity index (χ1v) is 12.2. The second-order valence-electron chi connectivity index (χ2n) is 7.88. The Hall–Kier alpha value is -4.00. The summed E-state index contributed by atoms with van der Waals surface area (Å²) in [4.78, 5) is 11.2. The van der Waals surface area contributed by atoms with Crippen LogP contribution in [0.5, 0.6) is 0 Å². The summed E-state index contributed by atoms with van der Waals surface area (Å²) in [6, 6.07) is 30.3. The van der Waals surface area contributed by atoms with Crippen molar-refractivity contribution in [2.45, 2.75) is 9.79 Å². The van der Waals surface area contributed by atoms with Gasteiger partial charge in [-0.1, -0.05) is 65.8 Å². The SMILES string of the molecule is Clc1ccc(-c2nnc(Nc3ccc(Sc4ccnc5ccccc45)cc3)c3ccccc23)nc1. The van der Waals surface area contributed by atoms with Crippen molar-refractivity contribution in [2.24, 2.45) is 0 Å². The van der Waals surface area contributed by atoms with Crippen LogP contribution in [0.3, 0.4) is 0 Å². The summed E-state index contributed by atoms with van der Waals surface area (Å²) in [6.45, 7) is 0. The fraction of sp³-hybridized carbons (Fsp3) is 0. The molecule has 7 heteroatoms. The summed E-state index contributed by atoms with van der Waals surface area (Å²) in [6.07, 6.45) is 3.47. The Bertz CT molecular complexity index is 1650. The Labute approximate surface area is 211 Å². The number of pyridine rings is 2. The molecule has 6 rings (SSSR count). The molecule has 0 saturated heterocycles. The van der Waals surface area contributed by atoms with E-state index in [-0.39, 0.29) is 0 Å². The molecule has 0 fully saturated rings. The predicted octanol–water partition coefficient (Wildman–Crippen LogP) is 7.79. The summed E-state index contributed by atoms with van der Waals surface area (Å²) < 4.78 is 0. The first kappa shape index (κ1) is 21.5. The van der Waals surface area contributed by atoms with Crippen LogP contribution in [-0.2, 0) is 0 Å². The molecule has 168 valence electrons. The van der Waals surface area contributed by atoms with Crippen molar-refractivity contribution in [2.75, 3.05) is 5.32 Å². The zero-order chi connectivity index (χ0) is 23.6. The van der Waals surface area contributed by atoms with Crippen molar-refractivity contribution in [3.63, 3.8) is 0 Å². The van der Waals surface area contributed by atoms with Crippen LogP contribution >= 0.6 is 23.4 Å². The third-order valence-corrected chi connectivity index (χ3v) is 6.92. The number of halogens is 1. The van der Waals surface area contributed by atoms with Crippen LogP contribution in [0.15, 0.2) is 113 Å². The van der Waals surface area contributed by atoms with Crippen LogP contribution in [-0.4, -0.2) is 20.2 Å². The van der Waals surface area contributed by atoms with Gasteiger partial charge in [-0.25, -0.2) is 0 Å². The van der Waals surface area contributed by atoms with Gasteiger partial charge >= 0.3 is 0 Å². The maximum absolute atomic E-state index is 6.00. The number of para-hydroxylation sites is 1. The van der Waals surface area contributed by atoms with Gasteiger partial charge in [-0.3, -0.25) is 9.97 Å². The lowest BCUT2D eigenvalue weighted by atomic mass is 10.1. The Morgan fingerprint density at radius 1 is 0.686 bits per heavy atom. The lowest BCUT2D eigenvalue weighted by Crippen LogP contribution is -1.99. The highest BCUT2D eigenvalue weighted by molar-refractivity contribution is 7.99. The molecule has 0 atom stereocenters. The summed E-state index contributed by atoms with van der Waals surface area (Å²) in [7, 11) is 0. The van der Waals surface area contributed by atoms with Crippen molar-refractivity contribution < 1.29 is 0 Å². The largest absolute Gasteiger partial charge is 0.338 e. The number of hydrogen-bond acceptors (Lipinski definition) is 6. The van der Waals surface area contributed by atoms with Crippen LogP contribution in [0, 0.1) is 0 Å². The number of rotatable bonds is 5. The third kappa shape index (κ3) is 4.41. The van der Waals surface area contributed by atoms with Crippen molar-refractivity contribution >= 4 is 56.5 Å². The van der Waals surface area contributed by atoms with Crippen molar-refractivity contribution in [3.8, 4) is 11.4 Å². The molecule has 3 aromatic heterocycles. The molecule has 0 unspecified atom stereocenters. The Morgan fingerprint density at radius 2 is 1.46 bits per heavy atom. The van der Waals surface area contributed by atoms with Gasteiger partial charge < -0.3 is 5.32 Å². The van der Waals surface area contributed by atoms with E-state index in [1.165, 1.54) is 4.90 Å². The zero-order valence-electron chi connectivity index (χ0n) is 18.4. The Morgan fingerprint density at radius 3 is 2.26 bits per heavy atom. The van der Waals surface area contributed by atoms with Gasteiger partial charge in [0.05, 0.1) is 16.2 Å². The van der Waals surface area contributed by atoms with Gasteiger partial charge in [-0.2, -0.15) is 0 Å². The van der Waals surface area contributed by atoms with Gasteiger partial charge in [0.15, 0.2) is 5.82 Å². The maximum Gasteiger partial charge on any atom is 0.161 e. The molecule has 0 saturated carbocycles. The van der Waals surface area contributed by atoms with E-state index in [0.717, 1.165) is 43.6 Å². The number of nitrogens with zero attached hydrogens (tertiary/aromatic N) is 4. The van der Waals surface area contributed by atoms with Gasteiger partial charge in [0.25, 0.3) is 0 Å². The molecular formula is C28H18ClN5S. The quantitative estimate of drug-likeness (QED) is 0.265. The van der Waals surface area contributed by atoms with Gasteiger partial charge in [0.2, 0.25) is 0 Å². The highest BCUT2D eigenvalue weighted by Crippen LogP contribution is 2.34. The molecular weight excluding hydrogens is 474 g/mol. The van der Waals surface area contributed by atoms with E-state index < -0.39 is 0 Å². The van der Waals surface area contributed by atoms with Gasteiger partial charge in [-0.15, -0.1) is 10.2 Å². The van der Waals surface area contributed by atoms with Crippen LogP contribution in [0.25, 0.3) is 33.1 Å². The van der Waals surface area contributed by atoms with Crippen LogP contribution in [0.1, 0.15) is 0 Å². The fourth-order valence-electron chi connectivity index (χ4n) is 3.93. The molecule has 5 nitrogen and oxygen atoms in total. The van der Waals surface area contributed by atoms with E-state index in [9.17, 15) is 0 Å². The molecule has 0 spiro atoms. The standard InChI is InChI=1S/C28H18ClN5S/c29-18-9-14-25(31-17-18)27-21-5-1-2-6-22(21)28(34-33-27)32-19-10-12-20(13-11-19)35-26-15-16-30-24-8-4-3-7-23(24)26/h1-17H,(H,32,34). The highest BCUT2D eigenvalue weighted by atomic mass is 35.5. The first-order valence-electron chi connectivity index (χ1n) is 11.0. The van der Waals surface area contributed by atoms with Crippen LogP contribution in [0.2, 0.25) is 5.02 Å². The summed E-state index contributed by atoms with van der Waals surface area (Å²) in [5.74, 6) is 0.693. The molecule has 3 aromatic carbocycles. The van der Waals surface area contributed by atoms with Crippen molar-refractivity contribution in [1.82, 2.24) is 20.2 Å². The van der Waals surface area contributed by atoms with E-state index >= 15 is 0 Å². The van der Waals surface area contributed by atoms with Crippen LogP contribution < -0.4 is 5.32 Å². The first-order chi connectivity index (χ1) is 17.2. The van der Waals surface area contributed by atoms with E-state index in [2.05, 4.69) is 61.9 Å². The minimum Gasteiger partial charge on any atom is -0.338 e. The van der Waals surface area contributed by atoms with Gasteiger partial charge in [-0.05, 0) is 48.5 Å². The topological polar surface area (TPSA) is 63.6 Å². The lowest BCUT2D eigenvalue weighted by Gasteiger charge is -2.11. The molecule has 0 aliphatic heterocycles. The summed E-state index contributed by atoms with van der Waals surface area (Å²) >= 11 is 7.73. The van der Waals surface area contributed by atoms with Gasteiger partial charge in [0, 0.05) is 44.0 Å². The average Bonchev–Trinajstić information content (AvgIpc) is 2.91. The third-order valence-electron chi connectivity index (χ3n) is 5.61. The molecule has 6 aromatic rings. The number of hydrogen-bond donors (Lipinski definition) is 1. The zero-order valence-corrected chi connectivity index (χ0v) is 20.0. The van der Waals surface area contributed by atoms with E-state index in [4.69, 9.17) is 11.6 Å². The summed E-state index contributed by atoms with van der Waals surface area (Å²) in [5.41, 5.74) is 3.39. The fourth-order valence-corrected chi connectivity index (χ4v) is 4.98. The maximum atomic E-state index is 6.00. The molecule has 0 radical (unpaired) electrons. The van der Waals surface area contributed by atoms with E-state index in [0.29, 0.717) is 10.8 Å². The molecule has 0 aliphatic carbocycles. The minimum atomic E-state index is 0.586. The predicted molar refractivity (Wildman–Crippen MR) is 143 cm³/mol. The smallest absolute Gasteiger partial charge is 0.161 e. The monoisotopic (exact) mass is 491 g/mol. The van der Waals surface area contributed by atoms with Crippen molar-refractivity contribution in [1.29, 1.82) is 0 Å². The molecule has 3 heterocycles. The second-order valence-corrected chi connectivity index (χ2v) is 9.43. The van der Waals surface area contributed by atoms with Gasteiger partial charge in [0.1, 0.15) is 5.69 Å². The Kier molecular flexibility index (Phi) is 5.74. The molecule has 0 aliphatic rings. The molecule has 0 bridgehead atoms. The van der Waals surface area contributed by atoms with Crippen LogP contribution in [0.4, 0.5) is 11.5 Å². The van der Waals surface area contributed by atoms with E-state index in [1.807, 2.05) is 54.7 Å². The second kappa shape index (κ2) is 9.33. The number of anilines is 2. The highest BCUT2D eigenvalue weighted by Gasteiger charge is 2.12. The Balaban J connectivity index is 1.28. The van der Waals surface area contributed by atoms with E-state index in [1.54, 1.807) is 24.0 Å². The number of nitrogens with one attached hydrogen (secondary N) is 1. The minimum absolute atomic E-state index is 0.586. The average molecular weight is 492 g/mol. The molecule has 35 heavy (non-hydrogen) atoms. The number of benzene rings is 3.